The molecule has 4 aromatic rings. The lowest BCUT2D eigenvalue weighted by Gasteiger charge is -2.06. The molecule has 25 heavy (non-hydrogen) atoms. The first kappa shape index (κ1) is 15.5. The maximum Gasteiger partial charge on any atom is 0.181 e. The number of halogens is 1. The maximum atomic E-state index is 12.9. The standard InChI is InChI=1S/C19H14FN3OS/c20-13-5-3-12(4-6-13)17(24)11-21-14-7-8-15-16(10-14)23-19(22-15)18-2-1-9-25-18/h1-10,21H,11H2,(H,22,23). The number of hydrogen-bond donors (Lipinski definition) is 2. The van der Waals surface area contributed by atoms with E-state index in [9.17, 15) is 9.18 Å². The number of benzene rings is 2. The smallest absolute Gasteiger partial charge is 0.181 e. The summed E-state index contributed by atoms with van der Waals surface area (Å²) in [7, 11) is 0. The van der Waals surface area contributed by atoms with Gasteiger partial charge in [-0.2, -0.15) is 0 Å². The second kappa shape index (κ2) is 6.49. The number of hydrogen-bond acceptors (Lipinski definition) is 4. The molecule has 0 aliphatic rings. The Hall–Kier alpha value is -2.99. The van der Waals surface area contributed by atoms with Crippen LogP contribution in [0.5, 0.6) is 0 Å². The van der Waals surface area contributed by atoms with Gasteiger partial charge in [0.25, 0.3) is 0 Å². The van der Waals surface area contributed by atoms with Crippen molar-refractivity contribution in [3.8, 4) is 10.7 Å². The number of anilines is 1. The number of aromatic nitrogens is 2. The Morgan fingerprint density at radius 2 is 2.00 bits per heavy atom. The fourth-order valence-electron chi connectivity index (χ4n) is 2.57. The highest BCUT2D eigenvalue weighted by atomic mass is 32.1. The SMILES string of the molecule is O=C(CNc1ccc2nc(-c3cccs3)[nH]c2c1)c1ccc(F)cc1. The van der Waals surface area contributed by atoms with Crippen LogP contribution in [-0.2, 0) is 0 Å². The molecule has 0 fully saturated rings. The molecule has 4 rings (SSSR count). The van der Waals surface area contributed by atoms with Gasteiger partial charge in [-0.05, 0) is 53.9 Å². The van der Waals surface area contributed by atoms with Crippen molar-refractivity contribution in [3.63, 3.8) is 0 Å². The lowest BCUT2D eigenvalue weighted by molar-refractivity contribution is 0.101. The first-order valence-electron chi connectivity index (χ1n) is 7.75. The molecule has 0 saturated carbocycles. The third-order valence-corrected chi connectivity index (χ3v) is 4.73. The average Bonchev–Trinajstić information content (AvgIpc) is 3.29. The number of carbonyl (C=O) groups excluding carboxylic acids is 1. The van der Waals surface area contributed by atoms with Crippen molar-refractivity contribution in [3.05, 3.63) is 71.4 Å². The molecule has 2 aromatic heterocycles. The number of thiophene rings is 1. The van der Waals surface area contributed by atoms with Crippen LogP contribution in [0.25, 0.3) is 21.7 Å². The van der Waals surface area contributed by atoms with E-state index in [1.807, 2.05) is 35.7 Å². The summed E-state index contributed by atoms with van der Waals surface area (Å²) in [5.41, 5.74) is 3.09. The Morgan fingerprint density at radius 3 is 2.76 bits per heavy atom. The van der Waals surface area contributed by atoms with E-state index < -0.39 is 0 Å². The van der Waals surface area contributed by atoms with Gasteiger partial charge in [0.15, 0.2) is 5.78 Å². The molecule has 0 atom stereocenters. The minimum absolute atomic E-state index is 0.0935. The predicted octanol–water partition coefficient (Wildman–Crippen LogP) is 4.73. The number of Topliss-reactive ketones (excluding diaryl/α,β-unsaturated/α-hetero) is 1. The Morgan fingerprint density at radius 1 is 1.16 bits per heavy atom. The molecule has 0 amide bonds. The van der Waals surface area contributed by atoms with Crippen LogP contribution in [0.15, 0.2) is 60.0 Å². The van der Waals surface area contributed by atoms with Crippen LogP contribution >= 0.6 is 11.3 Å². The summed E-state index contributed by atoms with van der Waals surface area (Å²) in [6, 6.07) is 15.3. The highest BCUT2D eigenvalue weighted by molar-refractivity contribution is 7.13. The average molecular weight is 351 g/mol. The molecular weight excluding hydrogens is 337 g/mol. The van der Waals surface area contributed by atoms with Crippen molar-refractivity contribution < 1.29 is 9.18 Å². The summed E-state index contributed by atoms with van der Waals surface area (Å²) in [5, 5.41) is 5.12. The molecule has 0 aliphatic carbocycles. The van der Waals surface area contributed by atoms with Gasteiger partial charge in [-0.15, -0.1) is 11.3 Å². The van der Waals surface area contributed by atoms with Crippen molar-refractivity contribution in [1.82, 2.24) is 9.97 Å². The highest BCUT2D eigenvalue weighted by Crippen LogP contribution is 2.25. The quantitative estimate of drug-likeness (QED) is 0.511. The molecule has 0 unspecified atom stereocenters. The molecule has 0 bridgehead atoms. The van der Waals surface area contributed by atoms with E-state index >= 15 is 0 Å². The number of carbonyl (C=O) groups is 1. The second-order valence-corrected chi connectivity index (χ2v) is 6.53. The molecule has 124 valence electrons. The molecule has 4 nitrogen and oxygen atoms in total. The van der Waals surface area contributed by atoms with Crippen LogP contribution < -0.4 is 5.32 Å². The van der Waals surface area contributed by atoms with E-state index in [2.05, 4.69) is 15.3 Å². The Balaban J connectivity index is 1.50. The Bertz CT molecular complexity index is 1020. The lowest BCUT2D eigenvalue weighted by atomic mass is 10.1. The second-order valence-electron chi connectivity index (χ2n) is 5.58. The van der Waals surface area contributed by atoms with E-state index in [4.69, 9.17) is 0 Å². The summed E-state index contributed by atoms with van der Waals surface area (Å²) in [6.07, 6.45) is 0. The van der Waals surface area contributed by atoms with Gasteiger partial charge >= 0.3 is 0 Å². The number of nitrogens with zero attached hydrogens (tertiary/aromatic N) is 1. The molecule has 6 heteroatoms. The third-order valence-electron chi connectivity index (χ3n) is 3.86. The zero-order valence-corrected chi connectivity index (χ0v) is 13.9. The van der Waals surface area contributed by atoms with Gasteiger partial charge in [0.05, 0.1) is 22.5 Å². The number of rotatable bonds is 5. The monoisotopic (exact) mass is 351 g/mol. The summed E-state index contributed by atoms with van der Waals surface area (Å²) < 4.78 is 12.9. The molecule has 2 heterocycles. The number of H-pyrrole nitrogens is 1. The summed E-state index contributed by atoms with van der Waals surface area (Å²) in [6.45, 7) is 0.142. The van der Waals surface area contributed by atoms with Gasteiger partial charge in [0.1, 0.15) is 11.6 Å². The zero-order chi connectivity index (χ0) is 17.2. The Labute approximate surface area is 147 Å². The minimum Gasteiger partial charge on any atom is -0.378 e. The van der Waals surface area contributed by atoms with Crippen LogP contribution in [0.3, 0.4) is 0 Å². The molecule has 2 aromatic carbocycles. The number of ketones is 1. The van der Waals surface area contributed by atoms with Gasteiger partial charge < -0.3 is 10.3 Å². The van der Waals surface area contributed by atoms with E-state index in [0.717, 1.165) is 27.4 Å². The van der Waals surface area contributed by atoms with E-state index in [1.54, 1.807) is 11.3 Å². The van der Waals surface area contributed by atoms with E-state index in [1.165, 1.54) is 24.3 Å². The summed E-state index contributed by atoms with van der Waals surface area (Å²) in [5.74, 6) is 0.393. The van der Waals surface area contributed by atoms with Crippen molar-refractivity contribution in [2.24, 2.45) is 0 Å². The fraction of sp³-hybridized carbons (Fsp3) is 0.0526. The minimum atomic E-state index is -0.351. The zero-order valence-electron chi connectivity index (χ0n) is 13.1. The molecule has 0 aliphatic heterocycles. The van der Waals surface area contributed by atoms with Crippen LogP contribution in [0, 0.1) is 5.82 Å². The molecule has 2 N–H and O–H groups in total. The first-order valence-corrected chi connectivity index (χ1v) is 8.63. The topological polar surface area (TPSA) is 57.8 Å². The molecule has 0 spiro atoms. The van der Waals surface area contributed by atoms with Crippen molar-refractivity contribution in [2.45, 2.75) is 0 Å². The molecule has 0 saturated heterocycles. The van der Waals surface area contributed by atoms with E-state index in [0.29, 0.717) is 5.56 Å². The Kier molecular flexibility index (Phi) is 4.03. The molecular formula is C19H14FN3OS. The summed E-state index contributed by atoms with van der Waals surface area (Å²) >= 11 is 1.63. The van der Waals surface area contributed by atoms with Crippen LogP contribution in [0.2, 0.25) is 0 Å². The van der Waals surface area contributed by atoms with Crippen LogP contribution in [-0.4, -0.2) is 22.3 Å². The fourth-order valence-corrected chi connectivity index (χ4v) is 3.24. The van der Waals surface area contributed by atoms with Gasteiger partial charge in [-0.25, -0.2) is 9.37 Å². The van der Waals surface area contributed by atoms with Gasteiger partial charge in [-0.3, -0.25) is 4.79 Å². The number of nitrogens with one attached hydrogen (secondary N) is 2. The molecule has 0 radical (unpaired) electrons. The number of aromatic amines is 1. The van der Waals surface area contributed by atoms with Crippen molar-refractivity contribution >= 4 is 33.8 Å². The van der Waals surface area contributed by atoms with Crippen molar-refractivity contribution in [2.75, 3.05) is 11.9 Å². The highest BCUT2D eigenvalue weighted by Gasteiger charge is 2.08. The predicted molar refractivity (Wildman–Crippen MR) is 98.6 cm³/mol. The van der Waals surface area contributed by atoms with Crippen LogP contribution in [0.4, 0.5) is 10.1 Å². The van der Waals surface area contributed by atoms with Crippen LogP contribution in [0.1, 0.15) is 10.4 Å². The van der Waals surface area contributed by atoms with Gasteiger partial charge in [-0.1, -0.05) is 6.07 Å². The normalized spacial score (nSPS) is 10.9. The van der Waals surface area contributed by atoms with Crippen molar-refractivity contribution in [1.29, 1.82) is 0 Å². The number of fused-ring (bicyclic) bond motifs is 1. The largest absolute Gasteiger partial charge is 0.378 e. The third kappa shape index (κ3) is 3.29. The lowest BCUT2D eigenvalue weighted by Crippen LogP contribution is -2.13. The maximum absolute atomic E-state index is 12.9. The van der Waals surface area contributed by atoms with Gasteiger partial charge in [0, 0.05) is 11.3 Å². The van der Waals surface area contributed by atoms with E-state index in [-0.39, 0.29) is 18.1 Å². The summed E-state index contributed by atoms with van der Waals surface area (Å²) in [4.78, 5) is 21.1. The first-order chi connectivity index (χ1) is 12.2. The van der Waals surface area contributed by atoms with Gasteiger partial charge in [0.2, 0.25) is 0 Å². The number of imidazole rings is 1.